The van der Waals surface area contributed by atoms with Crippen molar-refractivity contribution in [3.8, 4) is 23.0 Å². The summed E-state index contributed by atoms with van der Waals surface area (Å²) in [5, 5.41) is 8.06. The van der Waals surface area contributed by atoms with Crippen LogP contribution in [0.25, 0.3) is 23.0 Å². The van der Waals surface area contributed by atoms with Crippen molar-refractivity contribution in [2.45, 2.75) is 19.8 Å². The number of halogens is 1. The minimum Gasteiger partial charge on any atom is -0.414 e. The predicted molar refractivity (Wildman–Crippen MR) is 86.9 cm³/mol. The van der Waals surface area contributed by atoms with Gasteiger partial charge in [0, 0.05) is 5.56 Å². The zero-order chi connectivity index (χ0) is 15.5. The Morgan fingerprint density at radius 3 is 2.59 bits per heavy atom. The zero-order valence-corrected chi connectivity index (χ0v) is 13.5. The molecule has 0 amide bonds. The van der Waals surface area contributed by atoms with Gasteiger partial charge in [-0.1, -0.05) is 25.5 Å². The van der Waals surface area contributed by atoms with Crippen molar-refractivity contribution in [1.82, 2.24) is 20.2 Å². The highest BCUT2D eigenvalue weighted by Crippen LogP contribution is 2.26. The fraction of sp³-hybridized carbons (Fsp3) is 0.200. The Morgan fingerprint density at radius 1 is 1.14 bits per heavy atom. The normalized spacial score (nSPS) is 10.8. The smallest absolute Gasteiger partial charge is 0.270 e. The standard InChI is InChI=1S/C15H14BrN5O/c1-2-3-9-4-6-10(7-5-9)14-20-21-15(22-14)12-13(17)18-8-11(16)19-12/h4-8H,2-3H2,1H3,(H2,17,18). The number of hydrogen-bond donors (Lipinski definition) is 1. The monoisotopic (exact) mass is 359 g/mol. The van der Waals surface area contributed by atoms with Crippen molar-refractivity contribution < 1.29 is 4.42 Å². The number of nitrogens with two attached hydrogens (primary N) is 1. The van der Waals surface area contributed by atoms with Crippen molar-refractivity contribution in [1.29, 1.82) is 0 Å². The van der Waals surface area contributed by atoms with Gasteiger partial charge in [-0.3, -0.25) is 0 Å². The fourth-order valence-corrected chi connectivity index (χ4v) is 2.35. The number of anilines is 1. The second-order valence-electron chi connectivity index (χ2n) is 4.79. The van der Waals surface area contributed by atoms with Gasteiger partial charge in [-0.25, -0.2) is 9.97 Å². The number of nitrogen functional groups attached to an aromatic ring is 1. The van der Waals surface area contributed by atoms with E-state index in [4.69, 9.17) is 10.2 Å². The number of aryl methyl sites for hydroxylation is 1. The van der Waals surface area contributed by atoms with Crippen LogP contribution in [0.2, 0.25) is 0 Å². The van der Waals surface area contributed by atoms with Gasteiger partial charge in [0.2, 0.25) is 5.89 Å². The van der Waals surface area contributed by atoms with E-state index in [-0.39, 0.29) is 11.7 Å². The first-order valence-electron chi connectivity index (χ1n) is 6.88. The number of rotatable bonds is 4. The van der Waals surface area contributed by atoms with Crippen LogP contribution >= 0.6 is 15.9 Å². The van der Waals surface area contributed by atoms with Crippen LogP contribution in [0.5, 0.6) is 0 Å². The van der Waals surface area contributed by atoms with Gasteiger partial charge in [-0.2, -0.15) is 0 Å². The molecule has 0 aliphatic carbocycles. The molecule has 0 aliphatic rings. The molecule has 3 rings (SSSR count). The average Bonchev–Trinajstić information content (AvgIpc) is 3.00. The van der Waals surface area contributed by atoms with Crippen LogP contribution in [0.3, 0.4) is 0 Å². The van der Waals surface area contributed by atoms with Gasteiger partial charge in [0.15, 0.2) is 11.5 Å². The third kappa shape index (κ3) is 2.99. The molecule has 0 radical (unpaired) electrons. The molecule has 112 valence electrons. The van der Waals surface area contributed by atoms with Gasteiger partial charge < -0.3 is 10.2 Å². The molecule has 2 aromatic heterocycles. The second kappa shape index (κ2) is 6.23. The molecule has 2 heterocycles. The van der Waals surface area contributed by atoms with E-state index in [1.54, 1.807) is 0 Å². The van der Waals surface area contributed by atoms with Crippen LogP contribution < -0.4 is 5.73 Å². The van der Waals surface area contributed by atoms with E-state index in [0.717, 1.165) is 18.4 Å². The zero-order valence-electron chi connectivity index (χ0n) is 12.0. The van der Waals surface area contributed by atoms with Crippen molar-refractivity contribution in [2.75, 3.05) is 5.73 Å². The summed E-state index contributed by atoms with van der Waals surface area (Å²) in [5.74, 6) is 0.926. The highest BCUT2D eigenvalue weighted by molar-refractivity contribution is 9.10. The molecular formula is C15H14BrN5O. The third-order valence-corrected chi connectivity index (χ3v) is 3.52. The molecule has 22 heavy (non-hydrogen) atoms. The topological polar surface area (TPSA) is 90.7 Å². The van der Waals surface area contributed by atoms with Gasteiger partial charge in [-0.15, -0.1) is 10.2 Å². The summed E-state index contributed by atoms with van der Waals surface area (Å²) >= 11 is 3.25. The van der Waals surface area contributed by atoms with E-state index in [9.17, 15) is 0 Å². The molecule has 0 saturated carbocycles. The molecule has 0 saturated heterocycles. The molecular weight excluding hydrogens is 346 g/mol. The van der Waals surface area contributed by atoms with Crippen LogP contribution in [0.4, 0.5) is 5.82 Å². The second-order valence-corrected chi connectivity index (χ2v) is 5.60. The molecule has 7 heteroatoms. The lowest BCUT2D eigenvalue weighted by atomic mass is 10.1. The highest BCUT2D eigenvalue weighted by Gasteiger charge is 2.15. The first-order valence-corrected chi connectivity index (χ1v) is 7.68. The summed E-state index contributed by atoms with van der Waals surface area (Å²) in [6.45, 7) is 2.15. The number of nitrogens with zero attached hydrogens (tertiary/aromatic N) is 4. The van der Waals surface area contributed by atoms with Crippen LogP contribution in [0.15, 0.2) is 39.5 Å². The summed E-state index contributed by atoms with van der Waals surface area (Å²) in [5.41, 5.74) is 8.32. The van der Waals surface area contributed by atoms with Gasteiger partial charge in [0.1, 0.15) is 4.60 Å². The lowest BCUT2D eigenvalue weighted by molar-refractivity contribution is 0.582. The molecule has 0 atom stereocenters. The van der Waals surface area contributed by atoms with Crippen LogP contribution in [0.1, 0.15) is 18.9 Å². The molecule has 0 unspecified atom stereocenters. The Hall–Kier alpha value is -2.28. The first-order chi connectivity index (χ1) is 10.7. The van der Waals surface area contributed by atoms with Gasteiger partial charge in [-0.05, 0) is 40.0 Å². The Morgan fingerprint density at radius 2 is 1.86 bits per heavy atom. The maximum atomic E-state index is 5.80. The molecule has 0 aliphatic heterocycles. The minimum absolute atomic E-state index is 0.247. The van der Waals surface area contributed by atoms with Gasteiger partial charge >= 0.3 is 0 Å². The summed E-state index contributed by atoms with van der Waals surface area (Å²) in [7, 11) is 0. The average molecular weight is 360 g/mol. The van der Waals surface area contributed by atoms with Gasteiger partial charge in [0.05, 0.1) is 6.20 Å². The van der Waals surface area contributed by atoms with Crippen LogP contribution in [-0.2, 0) is 6.42 Å². The third-order valence-electron chi connectivity index (χ3n) is 3.14. The maximum absolute atomic E-state index is 5.80. The van der Waals surface area contributed by atoms with Crippen molar-refractivity contribution in [3.63, 3.8) is 0 Å². The molecule has 1 aromatic carbocycles. The van der Waals surface area contributed by atoms with Crippen LogP contribution in [-0.4, -0.2) is 20.2 Å². The van der Waals surface area contributed by atoms with E-state index >= 15 is 0 Å². The molecule has 3 aromatic rings. The maximum Gasteiger partial charge on any atom is 0.270 e. The van der Waals surface area contributed by atoms with E-state index in [1.165, 1.54) is 11.8 Å². The SMILES string of the molecule is CCCc1ccc(-c2nnc(-c3nc(Br)cnc3N)o2)cc1. The molecule has 2 N–H and O–H groups in total. The fourth-order valence-electron chi connectivity index (χ4n) is 2.07. The number of benzene rings is 1. The van der Waals surface area contributed by atoms with Crippen molar-refractivity contribution >= 4 is 21.7 Å². The predicted octanol–water partition coefficient (Wildman–Crippen LogP) is 3.49. The molecule has 0 bridgehead atoms. The highest BCUT2D eigenvalue weighted by atomic mass is 79.9. The summed E-state index contributed by atoms with van der Waals surface area (Å²) < 4.78 is 6.22. The summed E-state index contributed by atoms with van der Waals surface area (Å²) in [4.78, 5) is 8.23. The lowest BCUT2D eigenvalue weighted by Gasteiger charge is -2.00. The van der Waals surface area contributed by atoms with Crippen molar-refractivity contribution in [2.24, 2.45) is 0 Å². The molecule has 0 spiro atoms. The Kier molecular flexibility index (Phi) is 4.15. The van der Waals surface area contributed by atoms with E-state index in [0.29, 0.717) is 16.2 Å². The quantitative estimate of drug-likeness (QED) is 0.766. The van der Waals surface area contributed by atoms with E-state index < -0.39 is 0 Å². The Labute approximate surface area is 135 Å². The number of aromatic nitrogens is 4. The van der Waals surface area contributed by atoms with E-state index in [1.807, 2.05) is 12.1 Å². The first kappa shape index (κ1) is 14.6. The van der Waals surface area contributed by atoms with Crippen molar-refractivity contribution in [3.05, 3.63) is 40.6 Å². The number of hydrogen-bond acceptors (Lipinski definition) is 6. The largest absolute Gasteiger partial charge is 0.414 e. The van der Waals surface area contributed by atoms with E-state index in [2.05, 4.69) is 55.2 Å². The summed E-state index contributed by atoms with van der Waals surface area (Å²) in [6, 6.07) is 8.07. The molecule has 6 nitrogen and oxygen atoms in total. The Balaban J connectivity index is 1.91. The minimum atomic E-state index is 0.247. The van der Waals surface area contributed by atoms with Crippen LogP contribution in [0, 0.1) is 0 Å². The van der Waals surface area contributed by atoms with Gasteiger partial charge in [0.25, 0.3) is 5.89 Å². The lowest BCUT2D eigenvalue weighted by Crippen LogP contribution is -1.97. The molecule has 0 fully saturated rings. The summed E-state index contributed by atoms with van der Waals surface area (Å²) in [6.07, 6.45) is 3.69. The Bertz CT molecular complexity index is 785.